The lowest BCUT2D eigenvalue weighted by Gasteiger charge is -2.27. The van der Waals surface area contributed by atoms with Crippen molar-refractivity contribution < 1.29 is 9.53 Å². The maximum absolute atomic E-state index is 12.5. The minimum absolute atomic E-state index is 0.0803. The number of cyclic esters (lactones) is 1. The van der Waals surface area contributed by atoms with Gasteiger partial charge in [-0.15, -0.1) is 0 Å². The molecule has 2 aromatic rings. The first kappa shape index (κ1) is 15.1. The summed E-state index contributed by atoms with van der Waals surface area (Å²) in [6, 6.07) is 7.38. The van der Waals surface area contributed by atoms with Crippen molar-refractivity contribution >= 4 is 33.4 Å². The first-order chi connectivity index (χ1) is 11.5. The molecule has 1 saturated heterocycles. The molecule has 0 radical (unpaired) electrons. The summed E-state index contributed by atoms with van der Waals surface area (Å²) in [5.41, 5.74) is 0.581. The number of carbonyl (C=O) groups is 1. The first-order valence-corrected chi connectivity index (χ1v) is 8.09. The standard InChI is InChI=1S/C16H12BrN3O4/c1-20-13-12(14(21)19-16(20)23)10(7-2-4-8(17)5-3-7)11-9(18-13)6-24-15(11)22/h2-5,10-11H,6H2,1H3,(H,19,21,23). The summed E-state index contributed by atoms with van der Waals surface area (Å²) >= 11 is 3.38. The number of rotatable bonds is 1. The molecule has 0 bridgehead atoms. The monoisotopic (exact) mass is 389 g/mol. The Bertz CT molecular complexity index is 1000. The third kappa shape index (κ3) is 2.10. The van der Waals surface area contributed by atoms with Crippen LogP contribution in [-0.4, -0.2) is 27.8 Å². The number of nitrogens with one attached hydrogen (secondary N) is 1. The molecule has 3 heterocycles. The van der Waals surface area contributed by atoms with Crippen LogP contribution in [0.15, 0.2) is 43.3 Å². The van der Waals surface area contributed by atoms with Crippen molar-refractivity contribution in [3.05, 3.63) is 60.7 Å². The Balaban J connectivity index is 2.05. The second-order valence-electron chi connectivity index (χ2n) is 5.77. The average molecular weight is 390 g/mol. The molecule has 24 heavy (non-hydrogen) atoms. The number of aliphatic imine (C=N–C) groups is 1. The molecule has 2 atom stereocenters. The third-order valence-corrected chi connectivity index (χ3v) is 4.96. The van der Waals surface area contributed by atoms with Crippen molar-refractivity contribution in [2.45, 2.75) is 5.92 Å². The van der Waals surface area contributed by atoms with Crippen LogP contribution in [0.3, 0.4) is 0 Å². The molecule has 0 amide bonds. The van der Waals surface area contributed by atoms with Crippen LogP contribution in [0.5, 0.6) is 0 Å². The molecule has 1 N–H and O–H groups in total. The maximum atomic E-state index is 12.5. The number of hydrogen-bond donors (Lipinski definition) is 1. The highest BCUT2D eigenvalue weighted by molar-refractivity contribution is 9.10. The number of halogens is 1. The SMILES string of the molecule is Cn1c2c(c(=O)[nH]c1=O)C(c1ccc(Br)cc1)C1C(=O)OCC1=N2. The van der Waals surface area contributed by atoms with Gasteiger partial charge in [0.25, 0.3) is 5.56 Å². The Morgan fingerprint density at radius 3 is 2.62 bits per heavy atom. The average Bonchev–Trinajstić information content (AvgIpc) is 2.93. The fourth-order valence-electron chi connectivity index (χ4n) is 3.27. The maximum Gasteiger partial charge on any atom is 0.329 e. The van der Waals surface area contributed by atoms with Crippen LogP contribution in [0.2, 0.25) is 0 Å². The highest BCUT2D eigenvalue weighted by Gasteiger charge is 2.46. The Hall–Kier alpha value is -2.48. The summed E-state index contributed by atoms with van der Waals surface area (Å²) < 4.78 is 7.31. The van der Waals surface area contributed by atoms with E-state index in [0.717, 1.165) is 10.0 Å². The van der Waals surface area contributed by atoms with Gasteiger partial charge in [0.1, 0.15) is 18.3 Å². The van der Waals surface area contributed by atoms with Crippen LogP contribution in [0.4, 0.5) is 5.82 Å². The molecule has 122 valence electrons. The van der Waals surface area contributed by atoms with Gasteiger partial charge < -0.3 is 4.74 Å². The van der Waals surface area contributed by atoms with Gasteiger partial charge in [-0.25, -0.2) is 9.79 Å². The fraction of sp³-hybridized carbons (Fsp3) is 0.250. The van der Waals surface area contributed by atoms with Crippen molar-refractivity contribution in [1.82, 2.24) is 9.55 Å². The number of nitrogens with zero attached hydrogens (tertiary/aromatic N) is 2. The number of fused-ring (bicyclic) bond motifs is 2. The molecule has 7 nitrogen and oxygen atoms in total. The van der Waals surface area contributed by atoms with E-state index in [1.165, 1.54) is 11.6 Å². The molecule has 2 unspecified atom stereocenters. The van der Waals surface area contributed by atoms with Gasteiger partial charge in [-0.2, -0.15) is 0 Å². The predicted molar refractivity (Wildman–Crippen MR) is 89.8 cm³/mol. The summed E-state index contributed by atoms with van der Waals surface area (Å²) in [7, 11) is 1.54. The van der Waals surface area contributed by atoms with Crippen LogP contribution in [0.25, 0.3) is 0 Å². The minimum atomic E-state index is -0.641. The van der Waals surface area contributed by atoms with E-state index in [0.29, 0.717) is 11.3 Å². The van der Waals surface area contributed by atoms with Gasteiger partial charge in [0.15, 0.2) is 0 Å². The van der Waals surface area contributed by atoms with Gasteiger partial charge in [-0.3, -0.25) is 19.1 Å². The molecular weight excluding hydrogens is 378 g/mol. The van der Waals surface area contributed by atoms with E-state index >= 15 is 0 Å². The van der Waals surface area contributed by atoms with Gasteiger partial charge >= 0.3 is 11.7 Å². The van der Waals surface area contributed by atoms with Crippen LogP contribution in [-0.2, 0) is 16.6 Å². The van der Waals surface area contributed by atoms with Gasteiger partial charge in [-0.1, -0.05) is 28.1 Å². The summed E-state index contributed by atoms with van der Waals surface area (Å²) in [6.07, 6.45) is 0. The van der Waals surface area contributed by atoms with Crippen molar-refractivity contribution in [1.29, 1.82) is 0 Å². The van der Waals surface area contributed by atoms with Gasteiger partial charge in [0.2, 0.25) is 0 Å². The summed E-state index contributed by atoms with van der Waals surface area (Å²) in [5.74, 6) is -1.30. The smallest absolute Gasteiger partial charge is 0.329 e. The molecule has 8 heteroatoms. The molecule has 4 rings (SSSR count). The molecular formula is C16H12BrN3O4. The number of aromatic amines is 1. The van der Waals surface area contributed by atoms with Crippen LogP contribution >= 0.6 is 15.9 Å². The Morgan fingerprint density at radius 2 is 1.92 bits per heavy atom. The Labute approximate surface area is 144 Å². The van der Waals surface area contributed by atoms with E-state index in [2.05, 4.69) is 25.9 Å². The van der Waals surface area contributed by atoms with Gasteiger partial charge in [-0.05, 0) is 17.7 Å². The molecule has 1 fully saturated rings. The van der Waals surface area contributed by atoms with Crippen LogP contribution in [0, 0.1) is 5.92 Å². The van der Waals surface area contributed by atoms with E-state index in [9.17, 15) is 14.4 Å². The van der Waals surface area contributed by atoms with Crippen LogP contribution < -0.4 is 11.2 Å². The number of benzene rings is 1. The normalized spacial score (nSPS) is 21.8. The first-order valence-electron chi connectivity index (χ1n) is 7.30. The van der Waals surface area contributed by atoms with E-state index in [1.54, 1.807) is 0 Å². The Morgan fingerprint density at radius 1 is 1.21 bits per heavy atom. The van der Waals surface area contributed by atoms with Gasteiger partial charge in [0.05, 0.1) is 11.3 Å². The third-order valence-electron chi connectivity index (χ3n) is 4.43. The largest absolute Gasteiger partial charge is 0.459 e. The van der Waals surface area contributed by atoms with Gasteiger partial charge in [0, 0.05) is 17.4 Å². The van der Waals surface area contributed by atoms with Crippen LogP contribution in [0.1, 0.15) is 17.0 Å². The minimum Gasteiger partial charge on any atom is -0.459 e. The number of H-pyrrole nitrogens is 1. The molecule has 1 aromatic heterocycles. The van der Waals surface area contributed by atoms with E-state index in [4.69, 9.17) is 4.74 Å². The van der Waals surface area contributed by atoms with E-state index in [1.807, 2.05) is 24.3 Å². The molecule has 2 aliphatic rings. The lowest BCUT2D eigenvalue weighted by atomic mass is 9.78. The van der Waals surface area contributed by atoms with Crippen molar-refractivity contribution in [3.63, 3.8) is 0 Å². The fourth-order valence-corrected chi connectivity index (χ4v) is 3.53. The summed E-state index contributed by atoms with van der Waals surface area (Å²) in [6.45, 7) is 0.0803. The highest BCUT2D eigenvalue weighted by Crippen LogP contribution is 2.42. The zero-order valence-electron chi connectivity index (χ0n) is 12.6. The number of hydrogen-bond acceptors (Lipinski definition) is 5. The molecule has 0 saturated carbocycles. The number of esters is 1. The zero-order valence-corrected chi connectivity index (χ0v) is 14.2. The van der Waals surface area contributed by atoms with Crippen molar-refractivity contribution in [2.24, 2.45) is 18.0 Å². The predicted octanol–water partition coefficient (Wildman–Crippen LogP) is 1.23. The quantitative estimate of drug-likeness (QED) is 0.742. The van der Waals surface area contributed by atoms with E-state index < -0.39 is 29.1 Å². The van der Waals surface area contributed by atoms with Crippen molar-refractivity contribution in [2.75, 3.05) is 6.61 Å². The van der Waals surface area contributed by atoms with E-state index in [-0.39, 0.29) is 12.4 Å². The second-order valence-corrected chi connectivity index (χ2v) is 6.69. The molecule has 1 aromatic carbocycles. The number of carbonyl (C=O) groups excluding carboxylic acids is 1. The summed E-state index contributed by atoms with van der Waals surface area (Å²) in [5, 5.41) is 0. The highest BCUT2D eigenvalue weighted by atomic mass is 79.9. The zero-order chi connectivity index (χ0) is 17.0. The molecule has 0 spiro atoms. The topological polar surface area (TPSA) is 93.5 Å². The lowest BCUT2D eigenvalue weighted by Crippen LogP contribution is -2.38. The lowest BCUT2D eigenvalue weighted by molar-refractivity contribution is -0.141. The second kappa shape index (κ2) is 5.27. The number of aromatic nitrogens is 2. The molecule has 2 aliphatic heterocycles. The van der Waals surface area contributed by atoms with Crippen molar-refractivity contribution in [3.8, 4) is 0 Å². The Kier molecular flexibility index (Phi) is 3.31. The number of ether oxygens (including phenoxy) is 1. The summed E-state index contributed by atoms with van der Waals surface area (Å²) in [4.78, 5) is 43.3. The molecule has 0 aliphatic carbocycles.